The second-order valence-electron chi connectivity index (χ2n) is 4.96. The van der Waals surface area contributed by atoms with Gasteiger partial charge in [0.25, 0.3) is 5.91 Å². The van der Waals surface area contributed by atoms with Gasteiger partial charge in [0.2, 0.25) is 0 Å². The second kappa shape index (κ2) is 7.46. The molecule has 122 valence electrons. The van der Waals surface area contributed by atoms with E-state index in [9.17, 15) is 9.18 Å². The first-order valence-electron chi connectivity index (χ1n) is 6.87. The molecule has 0 atom stereocenters. The molecule has 2 aromatic rings. The summed E-state index contributed by atoms with van der Waals surface area (Å²) in [5.41, 5.74) is 1.25. The maximum atomic E-state index is 13.1. The van der Waals surface area contributed by atoms with Gasteiger partial charge in [-0.1, -0.05) is 0 Å². The van der Waals surface area contributed by atoms with E-state index in [1.165, 1.54) is 18.2 Å². The molecule has 0 aliphatic carbocycles. The standard InChI is InChI=1S/C17H17BrFNO3/c1-20(17(21)14-7-5-12(19)8-15(14)18)10-11-4-6-13(22-2)9-16(11)23-3/h4-9H,10H2,1-3H3. The fourth-order valence-electron chi connectivity index (χ4n) is 2.18. The van der Waals surface area contributed by atoms with Crippen LogP contribution in [0.15, 0.2) is 40.9 Å². The molecule has 0 saturated heterocycles. The minimum Gasteiger partial charge on any atom is -0.497 e. The topological polar surface area (TPSA) is 38.8 Å². The number of rotatable bonds is 5. The van der Waals surface area contributed by atoms with E-state index in [4.69, 9.17) is 9.47 Å². The van der Waals surface area contributed by atoms with Crippen LogP contribution in [0.2, 0.25) is 0 Å². The molecule has 0 aliphatic heterocycles. The molecule has 1 amide bonds. The van der Waals surface area contributed by atoms with E-state index >= 15 is 0 Å². The second-order valence-corrected chi connectivity index (χ2v) is 5.82. The van der Waals surface area contributed by atoms with Crippen LogP contribution in [0.1, 0.15) is 15.9 Å². The van der Waals surface area contributed by atoms with Crippen molar-refractivity contribution in [3.63, 3.8) is 0 Å². The third kappa shape index (κ3) is 4.01. The molecule has 0 heterocycles. The first-order valence-corrected chi connectivity index (χ1v) is 7.67. The van der Waals surface area contributed by atoms with Gasteiger partial charge in [0.15, 0.2) is 0 Å². The summed E-state index contributed by atoms with van der Waals surface area (Å²) in [6, 6.07) is 9.42. The van der Waals surface area contributed by atoms with Crippen LogP contribution in [-0.4, -0.2) is 32.1 Å². The molecular formula is C17H17BrFNO3. The van der Waals surface area contributed by atoms with Crippen LogP contribution < -0.4 is 9.47 Å². The lowest BCUT2D eigenvalue weighted by molar-refractivity contribution is 0.0783. The Morgan fingerprint density at radius 2 is 1.91 bits per heavy atom. The van der Waals surface area contributed by atoms with Crippen LogP contribution in [0.4, 0.5) is 4.39 Å². The minimum absolute atomic E-state index is 0.213. The number of hydrogen-bond donors (Lipinski definition) is 0. The Kier molecular flexibility index (Phi) is 5.60. The highest BCUT2D eigenvalue weighted by Gasteiger charge is 2.17. The summed E-state index contributed by atoms with van der Waals surface area (Å²) in [6.07, 6.45) is 0. The lowest BCUT2D eigenvalue weighted by Gasteiger charge is -2.20. The van der Waals surface area contributed by atoms with Crippen molar-refractivity contribution < 1.29 is 18.7 Å². The van der Waals surface area contributed by atoms with E-state index in [0.29, 0.717) is 28.1 Å². The highest BCUT2D eigenvalue weighted by Crippen LogP contribution is 2.26. The summed E-state index contributed by atoms with van der Waals surface area (Å²) in [5.74, 6) is 0.714. The van der Waals surface area contributed by atoms with Gasteiger partial charge in [0, 0.05) is 29.7 Å². The number of methoxy groups -OCH3 is 2. The molecule has 0 aromatic heterocycles. The van der Waals surface area contributed by atoms with E-state index in [2.05, 4.69) is 15.9 Å². The van der Waals surface area contributed by atoms with Crippen molar-refractivity contribution in [3.05, 3.63) is 57.8 Å². The van der Waals surface area contributed by atoms with E-state index in [0.717, 1.165) is 5.56 Å². The van der Waals surface area contributed by atoms with Gasteiger partial charge < -0.3 is 14.4 Å². The summed E-state index contributed by atoms with van der Waals surface area (Å²) < 4.78 is 24.1. The summed E-state index contributed by atoms with van der Waals surface area (Å²) in [6.45, 7) is 0.357. The molecule has 23 heavy (non-hydrogen) atoms. The fraction of sp³-hybridized carbons (Fsp3) is 0.235. The van der Waals surface area contributed by atoms with Crippen molar-refractivity contribution in [2.24, 2.45) is 0 Å². The Balaban J connectivity index is 2.21. The quantitative estimate of drug-likeness (QED) is 0.788. The summed E-state index contributed by atoms with van der Waals surface area (Å²) in [5, 5.41) is 0. The molecule has 0 aliphatic rings. The third-order valence-corrected chi connectivity index (χ3v) is 4.07. The lowest BCUT2D eigenvalue weighted by Crippen LogP contribution is -2.26. The number of carbonyl (C=O) groups excluding carboxylic acids is 1. The lowest BCUT2D eigenvalue weighted by atomic mass is 10.1. The van der Waals surface area contributed by atoms with Crippen molar-refractivity contribution in [2.75, 3.05) is 21.3 Å². The SMILES string of the molecule is COc1ccc(CN(C)C(=O)c2ccc(F)cc2Br)c(OC)c1. The molecule has 0 spiro atoms. The zero-order chi connectivity index (χ0) is 17.0. The normalized spacial score (nSPS) is 10.3. The zero-order valence-electron chi connectivity index (χ0n) is 13.1. The predicted molar refractivity (Wildman–Crippen MR) is 89.4 cm³/mol. The Morgan fingerprint density at radius 3 is 2.52 bits per heavy atom. The minimum atomic E-state index is -0.395. The number of halogens is 2. The predicted octanol–water partition coefficient (Wildman–Crippen LogP) is 3.88. The van der Waals surface area contributed by atoms with E-state index < -0.39 is 5.82 Å². The Labute approximate surface area is 142 Å². The van der Waals surface area contributed by atoms with Crippen LogP contribution >= 0.6 is 15.9 Å². The van der Waals surface area contributed by atoms with Crippen LogP contribution in [0.3, 0.4) is 0 Å². The van der Waals surface area contributed by atoms with Crippen LogP contribution in [0.5, 0.6) is 11.5 Å². The number of carbonyl (C=O) groups is 1. The third-order valence-electron chi connectivity index (χ3n) is 3.41. The van der Waals surface area contributed by atoms with Crippen molar-refractivity contribution in [1.29, 1.82) is 0 Å². The molecule has 0 bridgehead atoms. The van der Waals surface area contributed by atoms with Crippen LogP contribution in [0.25, 0.3) is 0 Å². The molecule has 0 radical (unpaired) electrons. The molecule has 0 unspecified atom stereocenters. The Morgan fingerprint density at radius 1 is 1.17 bits per heavy atom. The van der Waals surface area contributed by atoms with Crippen molar-refractivity contribution in [3.8, 4) is 11.5 Å². The van der Waals surface area contributed by atoms with Crippen molar-refractivity contribution in [2.45, 2.75) is 6.54 Å². The zero-order valence-corrected chi connectivity index (χ0v) is 14.7. The molecule has 0 N–H and O–H groups in total. The Hall–Kier alpha value is -2.08. The molecule has 0 saturated carbocycles. The molecular weight excluding hydrogens is 365 g/mol. The van der Waals surface area contributed by atoms with Gasteiger partial charge in [-0.2, -0.15) is 0 Å². The first kappa shape index (κ1) is 17.3. The van der Waals surface area contributed by atoms with Gasteiger partial charge in [-0.15, -0.1) is 0 Å². The van der Waals surface area contributed by atoms with Gasteiger partial charge in [-0.3, -0.25) is 4.79 Å². The number of benzene rings is 2. The van der Waals surface area contributed by atoms with Gasteiger partial charge in [0.05, 0.1) is 19.8 Å². The van der Waals surface area contributed by atoms with E-state index in [-0.39, 0.29) is 5.91 Å². The molecule has 2 aromatic carbocycles. The first-order chi connectivity index (χ1) is 11.0. The number of nitrogens with zero attached hydrogens (tertiary/aromatic N) is 1. The summed E-state index contributed by atoms with van der Waals surface area (Å²) in [7, 11) is 4.83. The number of amides is 1. The van der Waals surface area contributed by atoms with Crippen molar-refractivity contribution in [1.82, 2.24) is 4.90 Å². The highest BCUT2D eigenvalue weighted by atomic mass is 79.9. The van der Waals surface area contributed by atoms with Crippen LogP contribution in [0, 0.1) is 5.82 Å². The molecule has 2 rings (SSSR count). The number of hydrogen-bond acceptors (Lipinski definition) is 3. The smallest absolute Gasteiger partial charge is 0.255 e. The van der Waals surface area contributed by atoms with Gasteiger partial charge in [-0.05, 0) is 46.3 Å². The number of ether oxygens (including phenoxy) is 2. The van der Waals surface area contributed by atoms with Gasteiger partial charge in [-0.25, -0.2) is 4.39 Å². The van der Waals surface area contributed by atoms with Gasteiger partial charge >= 0.3 is 0 Å². The fourth-order valence-corrected chi connectivity index (χ4v) is 2.70. The highest BCUT2D eigenvalue weighted by molar-refractivity contribution is 9.10. The van der Waals surface area contributed by atoms with E-state index in [1.807, 2.05) is 12.1 Å². The van der Waals surface area contributed by atoms with Gasteiger partial charge in [0.1, 0.15) is 17.3 Å². The monoisotopic (exact) mass is 381 g/mol. The summed E-state index contributed by atoms with van der Waals surface area (Å²) in [4.78, 5) is 14.1. The Bertz CT molecular complexity index is 721. The van der Waals surface area contributed by atoms with E-state index in [1.54, 1.807) is 32.2 Å². The van der Waals surface area contributed by atoms with Crippen LogP contribution in [-0.2, 0) is 6.54 Å². The summed E-state index contributed by atoms with van der Waals surface area (Å²) >= 11 is 3.22. The average Bonchev–Trinajstić information content (AvgIpc) is 2.54. The molecule has 6 heteroatoms. The maximum Gasteiger partial charge on any atom is 0.255 e. The maximum absolute atomic E-state index is 13.1. The molecule has 0 fully saturated rings. The average molecular weight is 382 g/mol. The van der Waals surface area contributed by atoms with Crippen molar-refractivity contribution >= 4 is 21.8 Å². The largest absolute Gasteiger partial charge is 0.497 e. The molecule has 4 nitrogen and oxygen atoms in total.